The summed E-state index contributed by atoms with van der Waals surface area (Å²) in [5, 5.41) is 13.1. The summed E-state index contributed by atoms with van der Waals surface area (Å²) in [5.41, 5.74) is 4.07. The molecule has 5 heteroatoms. The van der Waals surface area contributed by atoms with Gasteiger partial charge in [-0.05, 0) is 42.3 Å². The maximum Gasteiger partial charge on any atom is 0.228 e. The van der Waals surface area contributed by atoms with Crippen molar-refractivity contribution in [2.45, 2.75) is 13.3 Å². The zero-order valence-corrected chi connectivity index (χ0v) is 13.2. The van der Waals surface area contributed by atoms with Crippen molar-refractivity contribution in [1.82, 2.24) is 4.98 Å². The average Bonchev–Trinajstić information content (AvgIpc) is 2.92. The molecule has 0 spiro atoms. The maximum atomic E-state index is 12.3. The van der Waals surface area contributed by atoms with Gasteiger partial charge in [0.05, 0.1) is 17.0 Å². The van der Waals surface area contributed by atoms with Crippen molar-refractivity contribution < 1.29 is 4.79 Å². The quantitative estimate of drug-likeness (QED) is 0.759. The first kappa shape index (κ1) is 15.1. The van der Waals surface area contributed by atoms with Crippen LogP contribution in [0.3, 0.4) is 0 Å². The first-order valence-electron chi connectivity index (χ1n) is 7.13. The SMILES string of the molecule is Cc1cccc2[nH]cc(CC(=O)Nc3ccc(C#N)c(Cl)c3)c12. The molecular formula is C18H14ClN3O. The Labute approximate surface area is 138 Å². The monoisotopic (exact) mass is 323 g/mol. The molecule has 1 heterocycles. The van der Waals surface area contributed by atoms with Gasteiger partial charge in [-0.2, -0.15) is 5.26 Å². The maximum absolute atomic E-state index is 12.3. The van der Waals surface area contributed by atoms with Crippen molar-refractivity contribution >= 4 is 34.1 Å². The normalized spacial score (nSPS) is 10.5. The van der Waals surface area contributed by atoms with E-state index in [0.29, 0.717) is 16.3 Å². The third kappa shape index (κ3) is 3.05. The number of carbonyl (C=O) groups excluding carboxylic acids is 1. The molecular weight excluding hydrogens is 310 g/mol. The number of benzene rings is 2. The van der Waals surface area contributed by atoms with Gasteiger partial charge in [0.2, 0.25) is 5.91 Å². The largest absolute Gasteiger partial charge is 0.361 e. The highest BCUT2D eigenvalue weighted by Gasteiger charge is 2.11. The van der Waals surface area contributed by atoms with Crippen LogP contribution in [0.2, 0.25) is 5.02 Å². The predicted octanol–water partition coefficient (Wildman–Crippen LogP) is 4.18. The van der Waals surface area contributed by atoms with Crippen LogP contribution >= 0.6 is 11.6 Å². The van der Waals surface area contributed by atoms with E-state index >= 15 is 0 Å². The van der Waals surface area contributed by atoms with Crippen LogP contribution in [0.4, 0.5) is 5.69 Å². The fraction of sp³-hybridized carbons (Fsp3) is 0.111. The number of H-pyrrole nitrogens is 1. The number of carbonyl (C=O) groups is 1. The Balaban J connectivity index is 1.79. The molecule has 1 aromatic heterocycles. The van der Waals surface area contributed by atoms with Crippen molar-refractivity contribution in [3.8, 4) is 6.07 Å². The Morgan fingerprint density at radius 1 is 1.35 bits per heavy atom. The Morgan fingerprint density at radius 3 is 2.91 bits per heavy atom. The van der Waals surface area contributed by atoms with Gasteiger partial charge in [-0.25, -0.2) is 0 Å². The van der Waals surface area contributed by atoms with Gasteiger partial charge in [-0.15, -0.1) is 0 Å². The molecule has 3 rings (SSSR count). The summed E-state index contributed by atoms with van der Waals surface area (Å²) in [7, 11) is 0. The summed E-state index contributed by atoms with van der Waals surface area (Å²) in [5.74, 6) is -0.130. The molecule has 23 heavy (non-hydrogen) atoms. The van der Waals surface area contributed by atoms with E-state index < -0.39 is 0 Å². The van der Waals surface area contributed by atoms with E-state index in [9.17, 15) is 4.79 Å². The molecule has 0 unspecified atom stereocenters. The summed E-state index contributed by atoms with van der Waals surface area (Å²) in [6.07, 6.45) is 2.13. The minimum absolute atomic E-state index is 0.130. The number of amides is 1. The second kappa shape index (κ2) is 6.15. The fourth-order valence-corrected chi connectivity index (χ4v) is 2.88. The molecule has 2 aromatic carbocycles. The Morgan fingerprint density at radius 2 is 2.17 bits per heavy atom. The van der Waals surface area contributed by atoms with Crippen LogP contribution in [0.15, 0.2) is 42.6 Å². The number of hydrogen-bond donors (Lipinski definition) is 2. The number of aryl methyl sites for hydroxylation is 1. The van der Waals surface area contributed by atoms with Crippen LogP contribution in [-0.2, 0) is 11.2 Å². The van der Waals surface area contributed by atoms with E-state index in [2.05, 4.69) is 10.3 Å². The zero-order valence-electron chi connectivity index (χ0n) is 12.5. The molecule has 1 amide bonds. The lowest BCUT2D eigenvalue weighted by atomic mass is 10.1. The molecule has 0 aliphatic carbocycles. The average molecular weight is 324 g/mol. The van der Waals surface area contributed by atoms with Crippen molar-refractivity contribution in [2.24, 2.45) is 0 Å². The van der Waals surface area contributed by atoms with E-state index in [0.717, 1.165) is 22.0 Å². The lowest BCUT2D eigenvalue weighted by molar-refractivity contribution is -0.115. The standard InChI is InChI=1S/C18H14ClN3O/c1-11-3-2-4-16-18(11)13(10-21-16)7-17(23)22-14-6-5-12(9-20)15(19)8-14/h2-6,8,10,21H,7H2,1H3,(H,22,23). The highest BCUT2D eigenvalue weighted by Crippen LogP contribution is 2.24. The highest BCUT2D eigenvalue weighted by molar-refractivity contribution is 6.32. The zero-order chi connectivity index (χ0) is 16.4. The van der Waals surface area contributed by atoms with Crippen molar-refractivity contribution in [2.75, 3.05) is 5.32 Å². The third-order valence-corrected chi connectivity index (χ3v) is 4.03. The lowest BCUT2D eigenvalue weighted by Gasteiger charge is -2.06. The Hall–Kier alpha value is -2.77. The smallest absolute Gasteiger partial charge is 0.228 e. The van der Waals surface area contributed by atoms with E-state index in [-0.39, 0.29) is 12.3 Å². The second-order valence-corrected chi connectivity index (χ2v) is 5.75. The molecule has 2 N–H and O–H groups in total. The third-order valence-electron chi connectivity index (χ3n) is 3.72. The minimum Gasteiger partial charge on any atom is -0.361 e. The molecule has 0 radical (unpaired) electrons. The van der Waals surface area contributed by atoms with Gasteiger partial charge in [0.25, 0.3) is 0 Å². The number of nitrogens with zero attached hydrogens (tertiary/aromatic N) is 1. The molecule has 0 aliphatic rings. The Kier molecular flexibility index (Phi) is 4.05. The van der Waals surface area contributed by atoms with Gasteiger partial charge in [-0.1, -0.05) is 23.7 Å². The topological polar surface area (TPSA) is 68.7 Å². The van der Waals surface area contributed by atoms with Gasteiger partial charge in [0.1, 0.15) is 6.07 Å². The number of nitrogens with one attached hydrogen (secondary N) is 2. The lowest BCUT2D eigenvalue weighted by Crippen LogP contribution is -2.14. The van der Waals surface area contributed by atoms with E-state index in [1.165, 1.54) is 0 Å². The number of halogens is 1. The predicted molar refractivity (Wildman–Crippen MR) is 91.5 cm³/mol. The molecule has 4 nitrogen and oxygen atoms in total. The minimum atomic E-state index is -0.130. The van der Waals surface area contributed by atoms with Crippen LogP contribution in [-0.4, -0.2) is 10.9 Å². The highest BCUT2D eigenvalue weighted by atomic mass is 35.5. The van der Waals surface area contributed by atoms with E-state index in [1.807, 2.05) is 37.4 Å². The van der Waals surface area contributed by atoms with Crippen LogP contribution in [0, 0.1) is 18.3 Å². The van der Waals surface area contributed by atoms with Crippen molar-refractivity contribution in [3.63, 3.8) is 0 Å². The number of aromatic nitrogens is 1. The van der Waals surface area contributed by atoms with Gasteiger partial charge < -0.3 is 10.3 Å². The molecule has 0 bridgehead atoms. The Bertz CT molecular complexity index is 937. The van der Waals surface area contributed by atoms with Crippen LogP contribution in [0.5, 0.6) is 0 Å². The van der Waals surface area contributed by atoms with Crippen LogP contribution in [0.1, 0.15) is 16.7 Å². The van der Waals surface area contributed by atoms with E-state index in [4.69, 9.17) is 16.9 Å². The summed E-state index contributed by atoms with van der Waals surface area (Å²) in [6.45, 7) is 2.03. The summed E-state index contributed by atoms with van der Waals surface area (Å²) in [4.78, 5) is 15.5. The molecule has 0 saturated heterocycles. The molecule has 114 valence electrons. The number of anilines is 1. The molecule has 0 fully saturated rings. The fourth-order valence-electron chi connectivity index (χ4n) is 2.65. The molecule has 0 aliphatic heterocycles. The second-order valence-electron chi connectivity index (χ2n) is 5.34. The van der Waals surface area contributed by atoms with Crippen LogP contribution < -0.4 is 5.32 Å². The van der Waals surface area contributed by atoms with Crippen molar-refractivity contribution in [1.29, 1.82) is 5.26 Å². The summed E-state index contributed by atoms with van der Waals surface area (Å²) < 4.78 is 0. The number of fused-ring (bicyclic) bond motifs is 1. The van der Waals surface area contributed by atoms with Crippen LogP contribution in [0.25, 0.3) is 10.9 Å². The molecule has 0 saturated carbocycles. The van der Waals surface area contributed by atoms with Gasteiger partial charge in [-0.3, -0.25) is 4.79 Å². The molecule has 0 atom stereocenters. The first-order chi connectivity index (χ1) is 11.1. The van der Waals surface area contributed by atoms with Gasteiger partial charge in [0.15, 0.2) is 0 Å². The van der Waals surface area contributed by atoms with Crippen molar-refractivity contribution in [3.05, 3.63) is 64.3 Å². The van der Waals surface area contributed by atoms with E-state index in [1.54, 1.807) is 18.2 Å². The number of rotatable bonds is 3. The number of hydrogen-bond acceptors (Lipinski definition) is 2. The van der Waals surface area contributed by atoms with Gasteiger partial charge in [0, 0.05) is 22.8 Å². The first-order valence-corrected chi connectivity index (χ1v) is 7.51. The number of aromatic amines is 1. The summed E-state index contributed by atoms with van der Waals surface area (Å²) in [6, 6.07) is 12.8. The summed E-state index contributed by atoms with van der Waals surface area (Å²) >= 11 is 5.98. The van der Waals surface area contributed by atoms with Gasteiger partial charge >= 0.3 is 0 Å². The number of nitriles is 1. The molecule has 3 aromatic rings.